The van der Waals surface area contributed by atoms with Gasteiger partial charge in [-0.05, 0) is 24.7 Å². The molecule has 0 aliphatic heterocycles. The summed E-state index contributed by atoms with van der Waals surface area (Å²) in [6, 6.07) is 0. The molecule has 0 amide bonds. The molecule has 0 rings (SSSR count). The van der Waals surface area contributed by atoms with Crippen LogP contribution in [0.25, 0.3) is 0 Å². The van der Waals surface area contributed by atoms with Crippen molar-refractivity contribution in [3.63, 3.8) is 0 Å². The maximum absolute atomic E-state index is 11.7. The van der Waals surface area contributed by atoms with Crippen LogP contribution in [0.15, 0.2) is 0 Å². The summed E-state index contributed by atoms with van der Waals surface area (Å²) >= 11 is 0. The zero-order valence-electron chi connectivity index (χ0n) is 15.6. The van der Waals surface area contributed by atoms with Gasteiger partial charge in [0.25, 0.3) is 0 Å². The summed E-state index contributed by atoms with van der Waals surface area (Å²) in [7, 11) is 0. The Bertz CT molecular complexity index is 284. The number of unbranched alkanes of at least 4 members (excludes halogenated alkanes) is 2. The molecule has 2 atom stereocenters. The van der Waals surface area contributed by atoms with Crippen LogP contribution < -0.4 is 0 Å². The van der Waals surface area contributed by atoms with Crippen LogP contribution in [0.3, 0.4) is 0 Å². The second-order valence-electron chi connectivity index (χ2n) is 6.38. The van der Waals surface area contributed by atoms with Gasteiger partial charge in [0.2, 0.25) is 0 Å². The van der Waals surface area contributed by atoms with Crippen LogP contribution in [0.2, 0.25) is 0 Å². The second-order valence-corrected chi connectivity index (χ2v) is 6.38. The third kappa shape index (κ3) is 12.1. The standard InChI is InChI=1S/C19H36O4/c1-5-9-11-16(7-3)14-22-18(20)13-19(21)23-15-17(8-4)12-10-6-2/h16-17H,5-15H2,1-4H3/t16-,17+. The number of carbonyl (C=O) groups is 2. The number of rotatable bonds is 14. The molecular weight excluding hydrogens is 292 g/mol. The fraction of sp³-hybridized carbons (Fsp3) is 0.895. The zero-order chi connectivity index (χ0) is 17.5. The molecule has 0 radical (unpaired) electrons. The highest BCUT2D eigenvalue weighted by Crippen LogP contribution is 2.14. The van der Waals surface area contributed by atoms with Crippen LogP contribution in [-0.2, 0) is 19.1 Å². The molecule has 4 nitrogen and oxygen atoms in total. The Labute approximate surface area is 142 Å². The fourth-order valence-electron chi connectivity index (χ4n) is 2.44. The van der Waals surface area contributed by atoms with E-state index >= 15 is 0 Å². The van der Waals surface area contributed by atoms with E-state index in [0.29, 0.717) is 25.0 Å². The van der Waals surface area contributed by atoms with Gasteiger partial charge in [0, 0.05) is 0 Å². The van der Waals surface area contributed by atoms with Gasteiger partial charge < -0.3 is 9.47 Å². The number of hydrogen-bond donors (Lipinski definition) is 0. The van der Waals surface area contributed by atoms with Crippen LogP contribution in [-0.4, -0.2) is 25.2 Å². The van der Waals surface area contributed by atoms with Crippen LogP contribution >= 0.6 is 0 Å². The summed E-state index contributed by atoms with van der Waals surface area (Å²) in [6.45, 7) is 9.33. The molecule has 0 saturated heterocycles. The van der Waals surface area contributed by atoms with Gasteiger partial charge in [-0.3, -0.25) is 9.59 Å². The Kier molecular flexibility index (Phi) is 13.9. The van der Waals surface area contributed by atoms with Gasteiger partial charge in [-0.1, -0.05) is 66.2 Å². The van der Waals surface area contributed by atoms with Crippen molar-refractivity contribution in [1.82, 2.24) is 0 Å². The number of hydrogen-bond acceptors (Lipinski definition) is 4. The summed E-state index contributed by atoms with van der Waals surface area (Å²) < 4.78 is 10.4. The number of carbonyl (C=O) groups excluding carboxylic acids is 2. The molecule has 0 N–H and O–H groups in total. The van der Waals surface area contributed by atoms with E-state index in [-0.39, 0.29) is 6.42 Å². The molecule has 0 aromatic carbocycles. The lowest BCUT2D eigenvalue weighted by atomic mass is 10.0. The third-order valence-corrected chi connectivity index (χ3v) is 4.34. The summed E-state index contributed by atoms with van der Waals surface area (Å²) in [6.07, 6.45) is 8.44. The SMILES string of the molecule is CCCC[C@@H](CC)COC(=O)CC(=O)OC[C@@H](CC)CCCC. The Balaban J connectivity index is 3.93. The molecule has 0 aliphatic rings. The van der Waals surface area contributed by atoms with E-state index in [4.69, 9.17) is 9.47 Å². The van der Waals surface area contributed by atoms with E-state index in [1.165, 1.54) is 0 Å². The summed E-state index contributed by atoms with van der Waals surface area (Å²) in [5.41, 5.74) is 0. The minimum Gasteiger partial charge on any atom is -0.465 e. The quantitative estimate of drug-likeness (QED) is 0.336. The van der Waals surface area contributed by atoms with E-state index in [2.05, 4.69) is 27.7 Å². The predicted molar refractivity (Wildman–Crippen MR) is 93.1 cm³/mol. The minimum atomic E-state index is -0.466. The molecule has 0 fully saturated rings. The van der Waals surface area contributed by atoms with E-state index in [1.54, 1.807) is 0 Å². The van der Waals surface area contributed by atoms with Crippen molar-refractivity contribution in [2.45, 2.75) is 85.5 Å². The Morgan fingerprint density at radius 3 is 1.43 bits per heavy atom. The maximum atomic E-state index is 11.7. The molecule has 0 saturated carbocycles. The van der Waals surface area contributed by atoms with Crippen molar-refractivity contribution < 1.29 is 19.1 Å². The molecule has 0 heterocycles. The highest BCUT2D eigenvalue weighted by atomic mass is 16.6. The highest BCUT2D eigenvalue weighted by Gasteiger charge is 2.16. The first-order valence-electron chi connectivity index (χ1n) is 9.38. The van der Waals surface area contributed by atoms with Gasteiger partial charge >= 0.3 is 11.9 Å². The first-order valence-corrected chi connectivity index (χ1v) is 9.38. The third-order valence-electron chi connectivity index (χ3n) is 4.34. The average molecular weight is 328 g/mol. The van der Waals surface area contributed by atoms with Gasteiger partial charge in [-0.15, -0.1) is 0 Å². The molecule has 0 bridgehead atoms. The van der Waals surface area contributed by atoms with Crippen molar-refractivity contribution in [3.05, 3.63) is 0 Å². The minimum absolute atomic E-state index is 0.269. The van der Waals surface area contributed by atoms with E-state index in [0.717, 1.165) is 51.4 Å². The molecule has 0 unspecified atom stereocenters. The molecule has 136 valence electrons. The molecule has 0 aromatic heterocycles. The van der Waals surface area contributed by atoms with Gasteiger partial charge in [-0.25, -0.2) is 0 Å². The molecule has 0 aromatic rings. The largest absolute Gasteiger partial charge is 0.465 e. The Morgan fingerprint density at radius 2 is 1.13 bits per heavy atom. The lowest BCUT2D eigenvalue weighted by Gasteiger charge is -2.16. The van der Waals surface area contributed by atoms with Crippen molar-refractivity contribution in [1.29, 1.82) is 0 Å². The molecular formula is C19H36O4. The number of esters is 2. The van der Waals surface area contributed by atoms with Gasteiger partial charge in [0.05, 0.1) is 13.2 Å². The zero-order valence-corrected chi connectivity index (χ0v) is 15.6. The molecule has 0 spiro atoms. The normalized spacial score (nSPS) is 13.4. The first kappa shape index (κ1) is 21.9. The summed E-state index contributed by atoms with van der Waals surface area (Å²) in [4.78, 5) is 23.4. The fourth-order valence-corrected chi connectivity index (χ4v) is 2.44. The van der Waals surface area contributed by atoms with Crippen LogP contribution in [0.5, 0.6) is 0 Å². The predicted octanol–water partition coefficient (Wildman–Crippen LogP) is 4.90. The second kappa shape index (κ2) is 14.5. The smallest absolute Gasteiger partial charge is 0.317 e. The van der Waals surface area contributed by atoms with E-state index < -0.39 is 11.9 Å². The van der Waals surface area contributed by atoms with Gasteiger partial charge in [0.15, 0.2) is 0 Å². The summed E-state index contributed by atoms with van der Waals surface area (Å²) in [5.74, 6) is -0.139. The summed E-state index contributed by atoms with van der Waals surface area (Å²) in [5, 5.41) is 0. The van der Waals surface area contributed by atoms with Gasteiger partial charge in [-0.2, -0.15) is 0 Å². The lowest BCUT2D eigenvalue weighted by molar-refractivity contribution is -0.156. The van der Waals surface area contributed by atoms with Crippen LogP contribution in [0.4, 0.5) is 0 Å². The Morgan fingerprint density at radius 1 is 0.739 bits per heavy atom. The van der Waals surface area contributed by atoms with Crippen LogP contribution in [0, 0.1) is 11.8 Å². The van der Waals surface area contributed by atoms with Crippen molar-refractivity contribution in [2.24, 2.45) is 11.8 Å². The average Bonchev–Trinajstić information content (AvgIpc) is 2.55. The highest BCUT2D eigenvalue weighted by molar-refractivity contribution is 5.91. The molecule has 23 heavy (non-hydrogen) atoms. The number of ether oxygens (including phenoxy) is 2. The molecule has 0 aliphatic carbocycles. The van der Waals surface area contributed by atoms with Crippen molar-refractivity contribution in [3.8, 4) is 0 Å². The van der Waals surface area contributed by atoms with Crippen molar-refractivity contribution >= 4 is 11.9 Å². The first-order chi connectivity index (χ1) is 11.1. The van der Waals surface area contributed by atoms with E-state index in [9.17, 15) is 9.59 Å². The topological polar surface area (TPSA) is 52.6 Å². The Hall–Kier alpha value is -1.06. The van der Waals surface area contributed by atoms with Crippen molar-refractivity contribution in [2.75, 3.05) is 13.2 Å². The maximum Gasteiger partial charge on any atom is 0.317 e. The van der Waals surface area contributed by atoms with Gasteiger partial charge in [0.1, 0.15) is 6.42 Å². The molecule has 4 heteroatoms. The van der Waals surface area contributed by atoms with Crippen LogP contribution in [0.1, 0.15) is 85.5 Å². The monoisotopic (exact) mass is 328 g/mol. The lowest BCUT2D eigenvalue weighted by Crippen LogP contribution is -2.20. The van der Waals surface area contributed by atoms with E-state index in [1.807, 2.05) is 0 Å².